The molecule has 1 aromatic carbocycles. The normalized spacial score (nSPS) is 26.2. The smallest absolute Gasteiger partial charge is 0.0882 e. The van der Waals surface area contributed by atoms with Gasteiger partial charge in [-0.15, -0.1) is 0 Å². The van der Waals surface area contributed by atoms with Gasteiger partial charge in [-0.2, -0.15) is 0 Å². The molecular weight excluding hydrogens is 218 g/mol. The lowest BCUT2D eigenvalue weighted by atomic mass is 10.1. The van der Waals surface area contributed by atoms with Crippen molar-refractivity contribution < 1.29 is 10.2 Å². The van der Waals surface area contributed by atoms with Crippen LogP contribution >= 0.6 is 0 Å². The summed E-state index contributed by atoms with van der Waals surface area (Å²) >= 11 is 0. The Labute approximate surface area is 101 Å². The molecule has 6 N–H and O–H groups in total. The van der Waals surface area contributed by atoms with E-state index in [1.54, 1.807) is 19.1 Å². The number of hydrogen-bond donors (Lipinski definition) is 4. The quantitative estimate of drug-likeness (QED) is 0.536. The lowest BCUT2D eigenvalue weighted by molar-refractivity contribution is 0.180. The number of nitrogens with two attached hydrogens (primary N) is 2. The highest BCUT2D eigenvalue weighted by molar-refractivity contribution is 5.61. The Morgan fingerprint density at radius 1 is 1.41 bits per heavy atom. The molecule has 1 aliphatic heterocycles. The van der Waals surface area contributed by atoms with Gasteiger partial charge in [-0.25, -0.2) is 0 Å². The van der Waals surface area contributed by atoms with E-state index in [0.29, 0.717) is 18.8 Å². The molecule has 1 heterocycles. The zero-order valence-corrected chi connectivity index (χ0v) is 9.87. The van der Waals surface area contributed by atoms with Crippen molar-refractivity contribution in [3.8, 4) is 0 Å². The van der Waals surface area contributed by atoms with Crippen molar-refractivity contribution >= 4 is 11.4 Å². The van der Waals surface area contributed by atoms with E-state index in [0.717, 1.165) is 11.3 Å². The van der Waals surface area contributed by atoms with Gasteiger partial charge in [0.25, 0.3) is 0 Å². The lowest BCUT2D eigenvalue weighted by Gasteiger charge is -2.23. The number of β-amino-alcohol motifs (C(OH)–C–C–N with tert-alkyl or cyclic N) is 1. The van der Waals surface area contributed by atoms with Crippen molar-refractivity contribution in [2.45, 2.75) is 25.2 Å². The van der Waals surface area contributed by atoms with Crippen LogP contribution in [0.15, 0.2) is 18.2 Å². The number of nitrogen functional groups attached to an aromatic ring is 1. The summed E-state index contributed by atoms with van der Waals surface area (Å²) < 4.78 is 0. The maximum absolute atomic E-state index is 9.75. The van der Waals surface area contributed by atoms with Crippen LogP contribution in [-0.2, 0) is 0 Å². The van der Waals surface area contributed by atoms with Gasteiger partial charge in [-0.05, 0) is 25.1 Å². The first-order valence-corrected chi connectivity index (χ1v) is 5.75. The Balaban J connectivity index is 2.32. The van der Waals surface area contributed by atoms with Gasteiger partial charge in [0.15, 0.2) is 0 Å². The minimum atomic E-state index is -0.595. The Kier molecular flexibility index (Phi) is 3.24. The molecule has 17 heavy (non-hydrogen) atoms. The van der Waals surface area contributed by atoms with Gasteiger partial charge in [0.05, 0.1) is 12.2 Å². The average Bonchev–Trinajstić information content (AvgIpc) is 2.59. The van der Waals surface area contributed by atoms with Gasteiger partial charge in [0, 0.05) is 36.1 Å². The number of aliphatic hydroxyl groups excluding tert-OH is 2. The Morgan fingerprint density at radius 2 is 2.12 bits per heavy atom. The van der Waals surface area contributed by atoms with E-state index in [9.17, 15) is 10.2 Å². The van der Waals surface area contributed by atoms with Crippen LogP contribution in [-0.4, -0.2) is 35.4 Å². The van der Waals surface area contributed by atoms with Crippen molar-refractivity contribution in [3.05, 3.63) is 23.8 Å². The maximum Gasteiger partial charge on any atom is 0.0882 e. The molecule has 5 heteroatoms. The number of rotatable bonds is 2. The molecule has 1 aromatic rings. The van der Waals surface area contributed by atoms with Crippen molar-refractivity contribution in [2.24, 2.45) is 5.73 Å². The molecule has 3 unspecified atom stereocenters. The van der Waals surface area contributed by atoms with Crippen LogP contribution in [0.5, 0.6) is 0 Å². The minimum absolute atomic E-state index is 0.241. The first-order valence-electron chi connectivity index (χ1n) is 5.75. The summed E-state index contributed by atoms with van der Waals surface area (Å²) in [5.41, 5.74) is 13.8. The zero-order chi connectivity index (χ0) is 12.6. The predicted octanol–water partition coefficient (Wildman–Crippen LogP) is -0.170. The molecule has 1 fully saturated rings. The van der Waals surface area contributed by atoms with Crippen LogP contribution in [0.25, 0.3) is 0 Å². The third-order valence-corrected chi connectivity index (χ3v) is 3.18. The van der Waals surface area contributed by atoms with E-state index in [2.05, 4.69) is 0 Å². The fourth-order valence-electron chi connectivity index (χ4n) is 2.20. The second kappa shape index (κ2) is 4.52. The first-order chi connectivity index (χ1) is 7.99. The summed E-state index contributed by atoms with van der Waals surface area (Å²) in [5, 5.41) is 19.4. The van der Waals surface area contributed by atoms with Crippen LogP contribution in [0.3, 0.4) is 0 Å². The topological polar surface area (TPSA) is 95.7 Å². The average molecular weight is 237 g/mol. The van der Waals surface area contributed by atoms with E-state index in [1.807, 2.05) is 11.0 Å². The van der Waals surface area contributed by atoms with E-state index < -0.39 is 12.2 Å². The number of aliphatic hydroxyl groups is 2. The molecule has 1 aliphatic rings. The summed E-state index contributed by atoms with van der Waals surface area (Å²) in [7, 11) is 0. The number of benzene rings is 1. The molecule has 0 bridgehead atoms. The van der Waals surface area contributed by atoms with Gasteiger partial charge in [0.2, 0.25) is 0 Å². The standard InChI is InChI=1S/C12H19N3O2/c1-7(16)9-4-8(13)2-3-11(9)15-5-10(14)12(17)6-15/h2-4,7,10,12,16-17H,5-6,13-14H2,1H3. The van der Waals surface area contributed by atoms with Gasteiger partial charge < -0.3 is 26.6 Å². The number of anilines is 2. The zero-order valence-electron chi connectivity index (χ0n) is 9.87. The Hall–Kier alpha value is -1.30. The van der Waals surface area contributed by atoms with Gasteiger partial charge in [-0.1, -0.05) is 0 Å². The van der Waals surface area contributed by atoms with Crippen LogP contribution in [0.2, 0.25) is 0 Å². The molecule has 3 atom stereocenters. The monoisotopic (exact) mass is 237 g/mol. The second-order valence-corrected chi connectivity index (χ2v) is 4.63. The molecule has 94 valence electrons. The van der Waals surface area contributed by atoms with Crippen LogP contribution in [0.4, 0.5) is 11.4 Å². The van der Waals surface area contributed by atoms with Crippen LogP contribution in [0, 0.1) is 0 Å². The molecular formula is C12H19N3O2. The fraction of sp³-hybridized carbons (Fsp3) is 0.500. The third-order valence-electron chi connectivity index (χ3n) is 3.18. The molecule has 0 radical (unpaired) electrons. The van der Waals surface area contributed by atoms with E-state index >= 15 is 0 Å². The molecule has 1 saturated heterocycles. The van der Waals surface area contributed by atoms with Crippen molar-refractivity contribution in [1.29, 1.82) is 0 Å². The summed E-state index contributed by atoms with van der Waals surface area (Å²) in [6.07, 6.45) is -1.11. The highest BCUT2D eigenvalue weighted by atomic mass is 16.3. The van der Waals surface area contributed by atoms with Crippen molar-refractivity contribution in [2.75, 3.05) is 23.7 Å². The van der Waals surface area contributed by atoms with E-state index in [4.69, 9.17) is 11.5 Å². The molecule has 0 saturated carbocycles. The summed E-state index contributed by atoms with van der Waals surface area (Å²) in [4.78, 5) is 1.98. The van der Waals surface area contributed by atoms with E-state index in [-0.39, 0.29) is 6.04 Å². The fourth-order valence-corrected chi connectivity index (χ4v) is 2.20. The lowest BCUT2D eigenvalue weighted by Crippen LogP contribution is -2.32. The maximum atomic E-state index is 9.75. The second-order valence-electron chi connectivity index (χ2n) is 4.63. The SMILES string of the molecule is CC(O)c1cc(N)ccc1N1CC(N)C(O)C1. The summed E-state index contributed by atoms with van der Waals surface area (Å²) in [6.45, 7) is 2.78. The van der Waals surface area contributed by atoms with Crippen molar-refractivity contribution in [3.63, 3.8) is 0 Å². The molecule has 0 aliphatic carbocycles. The van der Waals surface area contributed by atoms with Gasteiger partial charge >= 0.3 is 0 Å². The third kappa shape index (κ3) is 2.36. The van der Waals surface area contributed by atoms with Crippen LogP contribution < -0.4 is 16.4 Å². The predicted molar refractivity (Wildman–Crippen MR) is 67.7 cm³/mol. The largest absolute Gasteiger partial charge is 0.399 e. The van der Waals surface area contributed by atoms with Gasteiger partial charge in [-0.3, -0.25) is 0 Å². The molecule has 2 rings (SSSR count). The van der Waals surface area contributed by atoms with Crippen LogP contribution in [0.1, 0.15) is 18.6 Å². The molecule has 0 spiro atoms. The molecule has 0 amide bonds. The summed E-state index contributed by atoms with van der Waals surface area (Å²) in [6, 6.07) is 5.17. The number of nitrogens with zero attached hydrogens (tertiary/aromatic N) is 1. The highest BCUT2D eigenvalue weighted by Crippen LogP contribution is 2.30. The van der Waals surface area contributed by atoms with Crippen molar-refractivity contribution in [1.82, 2.24) is 0 Å². The molecule has 0 aromatic heterocycles. The highest BCUT2D eigenvalue weighted by Gasteiger charge is 2.29. The Bertz CT molecular complexity index is 399. The number of hydrogen-bond acceptors (Lipinski definition) is 5. The molecule has 5 nitrogen and oxygen atoms in total. The van der Waals surface area contributed by atoms with Gasteiger partial charge in [0.1, 0.15) is 0 Å². The minimum Gasteiger partial charge on any atom is -0.399 e. The summed E-state index contributed by atoms with van der Waals surface area (Å²) in [5.74, 6) is 0. The Morgan fingerprint density at radius 3 is 2.65 bits per heavy atom. The van der Waals surface area contributed by atoms with E-state index in [1.165, 1.54) is 0 Å². The first kappa shape index (κ1) is 12.2.